The first-order chi connectivity index (χ1) is 9.72. The largest absolute Gasteiger partial charge is 0.508 e. The van der Waals surface area contributed by atoms with Crippen LogP contribution < -0.4 is 4.74 Å². The summed E-state index contributed by atoms with van der Waals surface area (Å²) in [5.74, 6) is 0.0533. The highest BCUT2D eigenvalue weighted by molar-refractivity contribution is 5.87. The summed E-state index contributed by atoms with van der Waals surface area (Å²) in [4.78, 5) is 15.0. The summed E-state index contributed by atoms with van der Waals surface area (Å²) in [6.07, 6.45) is 1.99. The Morgan fingerprint density at radius 2 is 2.00 bits per heavy atom. The lowest BCUT2D eigenvalue weighted by atomic mass is 10.1. The van der Waals surface area contributed by atoms with E-state index in [9.17, 15) is 9.90 Å². The lowest BCUT2D eigenvalue weighted by molar-refractivity contribution is -0.133. The number of ether oxygens (including phenoxy) is 1. The zero-order valence-electron chi connectivity index (χ0n) is 10.7. The Morgan fingerprint density at radius 1 is 1.15 bits per heavy atom. The van der Waals surface area contributed by atoms with Gasteiger partial charge in [-0.3, -0.25) is 4.79 Å². The third-order valence-electron chi connectivity index (χ3n) is 3.06. The van der Waals surface area contributed by atoms with Crippen molar-refractivity contribution in [2.24, 2.45) is 0 Å². The fourth-order valence-corrected chi connectivity index (χ4v) is 2.15. The normalized spacial score (nSPS) is 10.6. The number of carbonyl (C=O) groups excluding carboxylic acids is 1. The molecule has 0 aliphatic carbocycles. The van der Waals surface area contributed by atoms with Crippen molar-refractivity contribution in [3.63, 3.8) is 0 Å². The van der Waals surface area contributed by atoms with Crippen molar-refractivity contribution in [1.29, 1.82) is 0 Å². The molecule has 2 N–H and O–H groups in total. The Balaban J connectivity index is 1.76. The Morgan fingerprint density at radius 3 is 2.85 bits per heavy atom. The van der Waals surface area contributed by atoms with E-state index in [0.717, 1.165) is 16.5 Å². The fraction of sp³-hybridized carbons (Fsp3) is 0.0625. The van der Waals surface area contributed by atoms with Crippen LogP contribution in [0.4, 0.5) is 0 Å². The molecule has 0 aliphatic rings. The second kappa shape index (κ2) is 5.09. The average Bonchev–Trinajstić information content (AvgIpc) is 2.82. The molecule has 4 nitrogen and oxygen atoms in total. The van der Waals surface area contributed by atoms with E-state index < -0.39 is 0 Å². The van der Waals surface area contributed by atoms with Crippen LogP contribution in [0, 0.1) is 0 Å². The van der Waals surface area contributed by atoms with Crippen molar-refractivity contribution in [2.45, 2.75) is 6.42 Å². The smallest absolute Gasteiger partial charge is 0.315 e. The highest BCUT2D eigenvalue weighted by atomic mass is 16.5. The van der Waals surface area contributed by atoms with Gasteiger partial charge in [0, 0.05) is 23.2 Å². The predicted octanol–water partition coefficient (Wildman–Crippen LogP) is 3.02. The van der Waals surface area contributed by atoms with Crippen molar-refractivity contribution < 1.29 is 14.6 Å². The van der Waals surface area contributed by atoms with Crippen LogP contribution in [0.3, 0.4) is 0 Å². The standard InChI is InChI=1S/C16H13NO3/c18-12-4-3-5-13(9-12)20-16(19)8-11-10-17-15-7-2-1-6-14(11)15/h1-7,9-10,17-18H,8H2. The zero-order valence-corrected chi connectivity index (χ0v) is 10.7. The van der Waals surface area contributed by atoms with Gasteiger partial charge in [0.2, 0.25) is 0 Å². The molecule has 0 aliphatic heterocycles. The van der Waals surface area contributed by atoms with Gasteiger partial charge in [0.1, 0.15) is 11.5 Å². The molecular formula is C16H13NO3. The van der Waals surface area contributed by atoms with E-state index in [4.69, 9.17) is 4.74 Å². The Hall–Kier alpha value is -2.75. The number of nitrogens with one attached hydrogen (secondary N) is 1. The number of phenols is 1. The van der Waals surface area contributed by atoms with E-state index in [0.29, 0.717) is 5.75 Å². The maximum atomic E-state index is 11.9. The van der Waals surface area contributed by atoms with Crippen LogP contribution in [0.2, 0.25) is 0 Å². The summed E-state index contributed by atoms with van der Waals surface area (Å²) in [5, 5.41) is 10.3. The van der Waals surface area contributed by atoms with Crippen LogP contribution in [-0.2, 0) is 11.2 Å². The van der Waals surface area contributed by atoms with Crippen molar-refractivity contribution in [3.8, 4) is 11.5 Å². The number of aromatic nitrogens is 1. The average molecular weight is 267 g/mol. The van der Waals surface area contributed by atoms with Gasteiger partial charge in [0.15, 0.2) is 0 Å². The van der Waals surface area contributed by atoms with E-state index >= 15 is 0 Å². The summed E-state index contributed by atoms with van der Waals surface area (Å²) in [7, 11) is 0. The number of hydrogen-bond donors (Lipinski definition) is 2. The number of rotatable bonds is 3. The number of fused-ring (bicyclic) bond motifs is 1. The molecule has 1 aromatic heterocycles. The molecule has 20 heavy (non-hydrogen) atoms. The molecule has 0 radical (unpaired) electrons. The van der Waals surface area contributed by atoms with Gasteiger partial charge < -0.3 is 14.8 Å². The van der Waals surface area contributed by atoms with Crippen molar-refractivity contribution in [3.05, 3.63) is 60.3 Å². The molecule has 3 rings (SSSR count). The van der Waals surface area contributed by atoms with Crippen LogP contribution >= 0.6 is 0 Å². The second-order valence-corrected chi connectivity index (χ2v) is 4.51. The Kier molecular flexibility index (Phi) is 3.13. The minimum absolute atomic E-state index is 0.0717. The molecule has 0 spiro atoms. The molecule has 0 amide bonds. The molecule has 3 aromatic rings. The molecule has 1 heterocycles. The first kappa shape index (κ1) is 12.3. The van der Waals surface area contributed by atoms with Crippen molar-refractivity contribution >= 4 is 16.9 Å². The summed E-state index contributed by atoms with van der Waals surface area (Å²) in [6.45, 7) is 0. The minimum Gasteiger partial charge on any atom is -0.508 e. The predicted molar refractivity (Wildman–Crippen MR) is 75.7 cm³/mol. The SMILES string of the molecule is O=C(Cc1c[nH]c2ccccc12)Oc1cccc(O)c1. The highest BCUT2D eigenvalue weighted by Crippen LogP contribution is 2.21. The molecule has 2 aromatic carbocycles. The molecule has 0 atom stereocenters. The fourth-order valence-electron chi connectivity index (χ4n) is 2.15. The van der Waals surface area contributed by atoms with Gasteiger partial charge in [-0.25, -0.2) is 0 Å². The molecule has 0 saturated heterocycles. The van der Waals surface area contributed by atoms with Gasteiger partial charge in [-0.05, 0) is 23.8 Å². The van der Waals surface area contributed by atoms with Gasteiger partial charge in [-0.2, -0.15) is 0 Å². The van der Waals surface area contributed by atoms with Gasteiger partial charge in [-0.15, -0.1) is 0 Å². The van der Waals surface area contributed by atoms with Crippen LogP contribution in [0.5, 0.6) is 11.5 Å². The van der Waals surface area contributed by atoms with Gasteiger partial charge in [-0.1, -0.05) is 24.3 Å². The molecular weight excluding hydrogens is 254 g/mol. The highest BCUT2D eigenvalue weighted by Gasteiger charge is 2.10. The Bertz CT molecular complexity index is 761. The lowest BCUT2D eigenvalue weighted by Gasteiger charge is -2.04. The summed E-state index contributed by atoms with van der Waals surface area (Å²) >= 11 is 0. The zero-order chi connectivity index (χ0) is 13.9. The van der Waals surface area contributed by atoms with E-state index in [1.54, 1.807) is 12.1 Å². The maximum Gasteiger partial charge on any atom is 0.315 e. The van der Waals surface area contributed by atoms with Gasteiger partial charge in [0.05, 0.1) is 6.42 Å². The lowest BCUT2D eigenvalue weighted by Crippen LogP contribution is -2.10. The topological polar surface area (TPSA) is 62.3 Å². The summed E-state index contributed by atoms with van der Waals surface area (Å²) < 4.78 is 5.20. The molecule has 4 heteroatoms. The number of phenolic OH excluding ortho intramolecular Hbond substituents is 1. The van der Waals surface area contributed by atoms with Crippen LogP contribution in [0.15, 0.2) is 54.7 Å². The van der Waals surface area contributed by atoms with Gasteiger partial charge >= 0.3 is 5.97 Å². The number of benzene rings is 2. The van der Waals surface area contributed by atoms with Crippen LogP contribution in [-0.4, -0.2) is 16.1 Å². The number of carbonyl (C=O) groups is 1. The van der Waals surface area contributed by atoms with E-state index in [-0.39, 0.29) is 18.1 Å². The van der Waals surface area contributed by atoms with Crippen LogP contribution in [0.25, 0.3) is 10.9 Å². The number of aromatic hydroxyl groups is 1. The van der Waals surface area contributed by atoms with E-state index in [2.05, 4.69) is 4.98 Å². The molecule has 0 unspecified atom stereocenters. The maximum absolute atomic E-state index is 11.9. The first-order valence-corrected chi connectivity index (χ1v) is 6.27. The third-order valence-corrected chi connectivity index (χ3v) is 3.06. The molecule has 0 fully saturated rings. The summed E-state index contributed by atoms with van der Waals surface area (Å²) in [6, 6.07) is 14.0. The third kappa shape index (κ3) is 2.49. The number of para-hydroxylation sites is 1. The quantitative estimate of drug-likeness (QED) is 0.566. The van der Waals surface area contributed by atoms with Crippen molar-refractivity contribution in [1.82, 2.24) is 4.98 Å². The van der Waals surface area contributed by atoms with Gasteiger partial charge in [0.25, 0.3) is 0 Å². The molecule has 0 bridgehead atoms. The molecule has 0 saturated carbocycles. The molecule has 100 valence electrons. The first-order valence-electron chi connectivity index (χ1n) is 6.27. The summed E-state index contributed by atoms with van der Waals surface area (Å²) in [5.41, 5.74) is 1.89. The number of esters is 1. The number of H-pyrrole nitrogens is 1. The number of hydrogen-bond acceptors (Lipinski definition) is 3. The Labute approximate surface area is 115 Å². The van der Waals surface area contributed by atoms with E-state index in [1.807, 2.05) is 30.5 Å². The van der Waals surface area contributed by atoms with Crippen LogP contribution in [0.1, 0.15) is 5.56 Å². The van der Waals surface area contributed by atoms with Crippen molar-refractivity contribution in [2.75, 3.05) is 0 Å². The minimum atomic E-state index is -0.361. The monoisotopic (exact) mass is 267 g/mol. The van der Waals surface area contributed by atoms with E-state index in [1.165, 1.54) is 12.1 Å². The number of aromatic amines is 1. The second-order valence-electron chi connectivity index (χ2n) is 4.51.